The number of carbonyl (C=O) groups excluding carboxylic acids is 1. The van der Waals surface area contributed by atoms with Crippen LogP contribution in [0.5, 0.6) is 0 Å². The fourth-order valence-electron chi connectivity index (χ4n) is 6.36. The summed E-state index contributed by atoms with van der Waals surface area (Å²) in [5, 5.41) is 0. The summed E-state index contributed by atoms with van der Waals surface area (Å²) in [5.41, 5.74) is 5.39. The van der Waals surface area contributed by atoms with E-state index in [4.69, 9.17) is 9.98 Å². The number of aliphatic imine (C=N–C) groups is 1. The van der Waals surface area contributed by atoms with Gasteiger partial charge in [0.2, 0.25) is 5.96 Å². The van der Waals surface area contributed by atoms with E-state index in [2.05, 4.69) is 89.2 Å². The van der Waals surface area contributed by atoms with Crippen molar-refractivity contribution in [3.63, 3.8) is 0 Å². The lowest BCUT2D eigenvalue weighted by molar-refractivity contribution is 0.0853. The molecule has 7 rings (SSSR count). The van der Waals surface area contributed by atoms with Gasteiger partial charge in [-0.05, 0) is 48.4 Å². The van der Waals surface area contributed by atoms with Crippen molar-refractivity contribution >= 4 is 17.7 Å². The number of benzene rings is 3. The number of anilines is 1. The first-order chi connectivity index (χ1) is 18.6. The highest BCUT2D eigenvalue weighted by Crippen LogP contribution is 2.42. The van der Waals surface area contributed by atoms with Gasteiger partial charge in [0, 0.05) is 13.5 Å². The van der Waals surface area contributed by atoms with Gasteiger partial charge in [0.05, 0.1) is 18.1 Å². The molecule has 3 aliphatic rings. The summed E-state index contributed by atoms with van der Waals surface area (Å²) in [6.07, 6.45) is 3.96. The normalized spacial score (nSPS) is 20.7. The molecule has 3 atom stereocenters. The number of rotatable bonds is 5. The monoisotopic (exact) mass is 501 g/mol. The lowest BCUT2D eigenvalue weighted by atomic mass is 10.0. The fraction of sp³-hybridized carbons (Fsp3) is 0.281. The fourth-order valence-corrected chi connectivity index (χ4v) is 6.36. The molecule has 4 aromatic rings. The van der Waals surface area contributed by atoms with Crippen LogP contribution in [0.4, 0.5) is 5.82 Å². The minimum atomic E-state index is -0.0381. The lowest BCUT2D eigenvalue weighted by Crippen LogP contribution is -2.51. The maximum atomic E-state index is 13.9. The number of hydrogen-bond acceptors (Lipinski definition) is 4. The van der Waals surface area contributed by atoms with Crippen LogP contribution in [0, 0.1) is 0 Å². The molecular formula is C32H31N5O. The van der Waals surface area contributed by atoms with Crippen molar-refractivity contribution in [1.29, 1.82) is 0 Å². The first kappa shape index (κ1) is 23.0. The maximum Gasteiger partial charge on any atom is 0.280 e. The molecule has 1 aliphatic carbocycles. The van der Waals surface area contributed by atoms with Crippen molar-refractivity contribution < 1.29 is 4.79 Å². The molecule has 0 bridgehead atoms. The van der Waals surface area contributed by atoms with E-state index in [0.717, 1.165) is 42.4 Å². The van der Waals surface area contributed by atoms with Crippen molar-refractivity contribution in [3.05, 3.63) is 108 Å². The van der Waals surface area contributed by atoms with E-state index in [1.165, 1.54) is 16.7 Å². The zero-order valence-electron chi connectivity index (χ0n) is 21.8. The molecule has 2 aliphatic heterocycles. The number of hydrogen-bond donors (Lipinski definition) is 0. The Balaban J connectivity index is 1.33. The van der Waals surface area contributed by atoms with Gasteiger partial charge < -0.3 is 4.57 Å². The van der Waals surface area contributed by atoms with E-state index in [1.807, 2.05) is 19.2 Å². The van der Waals surface area contributed by atoms with Crippen LogP contribution in [0.2, 0.25) is 0 Å². The smallest absolute Gasteiger partial charge is 0.280 e. The van der Waals surface area contributed by atoms with Crippen LogP contribution in [0.1, 0.15) is 59.7 Å². The van der Waals surface area contributed by atoms with Crippen molar-refractivity contribution in [2.75, 3.05) is 11.9 Å². The van der Waals surface area contributed by atoms with E-state index in [0.29, 0.717) is 12.1 Å². The average molecular weight is 502 g/mol. The Kier molecular flexibility index (Phi) is 5.43. The second-order valence-corrected chi connectivity index (χ2v) is 10.6. The van der Waals surface area contributed by atoms with Gasteiger partial charge in [0.1, 0.15) is 5.82 Å². The number of aromatic nitrogens is 2. The van der Waals surface area contributed by atoms with E-state index >= 15 is 0 Å². The molecule has 0 saturated heterocycles. The molecule has 3 aromatic carbocycles. The van der Waals surface area contributed by atoms with Crippen LogP contribution < -0.4 is 4.90 Å². The summed E-state index contributed by atoms with van der Waals surface area (Å²) in [5.74, 6) is 2.41. The zero-order valence-corrected chi connectivity index (χ0v) is 21.8. The van der Waals surface area contributed by atoms with Crippen LogP contribution >= 0.6 is 0 Å². The van der Waals surface area contributed by atoms with E-state index < -0.39 is 0 Å². The zero-order chi connectivity index (χ0) is 25.8. The summed E-state index contributed by atoms with van der Waals surface area (Å²) in [6, 6.07) is 30.0. The number of nitrogens with zero attached hydrogens (tertiary/aromatic N) is 5. The van der Waals surface area contributed by atoms with Crippen molar-refractivity contribution in [1.82, 2.24) is 14.5 Å². The van der Waals surface area contributed by atoms with Gasteiger partial charge in [-0.15, -0.1) is 0 Å². The molecule has 3 heterocycles. The highest BCUT2D eigenvalue weighted by atomic mass is 16.2. The van der Waals surface area contributed by atoms with Crippen LogP contribution in [0.3, 0.4) is 0 Å². The minimum absolute atomic E-state index is 0.0315. The molecule has 1 unspecified atom stereocenters. The number of fused-ring (bicyclic) bond motifs is 5. The topological polar surface area (TPSA) is 53.7 Å². The lowest BCUT2D eigenvalue weighted by Gasteiger charge is -2.35. The molecule has 0 radical (unpaired) electrons. The molecule has 1 amide bonds. The van der Waals surface area contributed by atoms with Crippen molar-refractivity contribution in [2.45, 2.75) is 50.7 Å². The van der Waals surface area contributed by atoms with Crippen LogP contribution in [-0.2, 0) is 6.42 Å². The quantitative estimate of drug-likeness (QED) is 0.340. The van der Waals surface area contributed by atoms with Gasteiger partial charge >= 0.3 is 0 Å². The van der Waals surface area contributed by atoms with Crippen molar-refractivity contribution in [3.8, 4) is 11.1 Å². The third-order valence-corrected chi connectivity index (χ3v) is 8.37. The number of imidazole rings is 1. The van der Waals surface area contributed by atoms with Gasteiger partial charge in [-0.3, -0.25) is 14.6 Å². The van der Waals surface area contributed by atoms with Crippen LogP contribution in [0.25, 0.3) is 11.1 Å². The SMILES string of the molecule is CC(c1ccccc1)n1c(Cc2ccc(-c3ccccc3)cc2)nc2c1C(=O)N(C)C1=N[C@@H]3CCC[C@@H]3N12. The predicted octanol–water partition coefficient (Wildman–Crippen LogP) is 5.93. The maximum absolute atomic E-state index is 13.9. The Bertz CT molecular complexity index is 1520. The Morgan fingerprint density at radius 2 is 1.58 bits per heavy atom. The Labute approximate surface area is 223 Å². The van der Waals surface area contributed by atoms with Gasteiger partial charge in [-0.25, -0.2) is 9.98 Å². The summed E-state index contributed by atoms with van der Waals surface area (Å²) in [7, 11) is 1.85. The average Bonchev–Trinajstić information content (AvgIpc) is 3.66. The molecule has 1 fully saturated rings. The van der Waals surface area contributed by atoms with Gasteiger partial charge in [0.15, 0.2) is 11.5 Å². The molecule has 6 heteroatoms. The van der Waals surface area contributed by atoms with E-state index in [9.17, 15) is 4.79 Å². The first-order valence-electron chi connectivity index (χ1n) is 13.6. The van der Waals surface area contributed by atoms with Gasteiger partial charge in [0.25, 0.3) is 5.91 Å². The molecule has 0 spiro atoms. The predicted molar refractivity (Wildman–Crippen MR) is 151 cm³/mol. The summed E-state index contributed by atoms with van der Waals surface area (Å²) in [6.45, 7) is 2.17. The highest BCUT2D eigenvalue weighted by Gasteiger charge is 2.49. The van der Waals surface area contributed by atoms with Crippen LogP contribution in [0.15, 0.2) is 89.9 Å². The summed E-state index contributed by atoms with van der Waals surface area (Å²) in [4.78, 5) is 28.0. The third-order valence-electron chi connectivity index (χ3n) is 8.37. The minimum Gasteiger partial charge on any atom is -0.314 e. The highest BCUT2D eigenvalue weighted by molar-refractivity contribution is 6.18. The van der Waals surface area contributed by atoms with Gasteiger partial charge in [-0.2, -0.15) is 0 Å². The molecule has 6 nitrogen and oxygen atoms in total. The standard InChI is InChI=1S/C32H31N5O/c1-21(23-10-5-3-6-11-23)36-28(20-22-16-18-25(19-17-22)24-12-7-4-8-13-24)34-30-29(36)31(38)35(2)32-33-26-14-9-15-27(26)37(30)32/h3-8,10-13,16-19,21,26-27H,9,14-15,20H2,1-2H3/t21?,26-,27+/m1/s1. The van der Waals surface area contributed by atoms with Crippen molar-refractivity contribution in [2.24, 2.45) is 4.99 Å². The molecule has 1 aromatic heterocycles. The van der Waals surface area contributed by atoms with Gasteiger partial charge in [-0.1, -0.05) is 84.9 Å². The largest absolute Gasteiger partial charge is 0.314 e. The second-order valence-electron chi connectivity index (χ2n) is 10.6. The third kappa shape index (κ3) is 3.58. The summed E-state index contributed by atoms with van der Waals surface area (Å²) < 4.78 is 2.17. The molecule has 190 valence electrons. The van der Waals surface area contributed by atoms with Crippen LogP contribution in [-0.4, -0.2) is 45.4 Å². The Morgan fingerprint density at radius 1 is 0.895 bits per heavy atom. The molecule has 0 N–H and O–H groups in total. The first-order valence-corrected chi connectivity index (χ1v) is 13.6. The van der Waals surface area contributed by atoms with E-state index in [-0.39, 0.29) is 24.0 Å². The molecule has 38 heavy (non-hydrogen) atoms. The Morgan fingerprint density at radius 3 is 2.32 bits per heavy atom. The molecule has 1 saturated carbocycles. The summed E-state index contributed by atoms with van der Waals surface area (Å²) >= 11 is 0. The number of guanidine groups is 1. The Hall–Kier alpha value is -4.19. The van der Waals surface area contributed by atoms with E-state index in [1.54, 1.807) is 4.90 Å². The molecular weight excluding hydrogens is 470 g/mol. The second kappa shape index (κ2) is 8.98. The number of amides is 1. The number of carbonyl (C=O) groups is 1.